The van der Waals surface area contributed by atoms with Crippen molar-refractivity contribution in [2.75, 3.05) is 5.32 Å². The molecule has 0 spiro atoms. The summed E-state index contributed by atoms with van der Waals surface area (Å²) in [5, 5.41) is 24.8. The fraction of sp³-hybridized carbons (Fsp3) is 0.462. The number of pyridine rings is 2. The topological polar surface area (TPSA) is 108 Å². The van der Waals surface area contributed by atoms with E-state index in [-0.39, 0.29) is 5.41 Å². The van der Waals surface area contributed by atoms with Gasteiger partial charge in [0.2, 0.25) is 0 Å². The van der Waals surface area contributed by atoms with Crippen LogP contribution in [0, 0.1) is 11.3 Å². The average molecular weight is 481 g/mol. The van der Waals surface area contributed by atoms with Crippen LogP contribution in [0.4, 0.5) is 11.6 Å². The highest BCUT2D eigenvalue weighted by Crippen LogP contribution is 2.50. The second-order valence-electron chi connectivity index (χ2n) is 10.9. The number of carboxylic acids is 1. The number of aliphatic hydroxyl groups is 1. The highest BCUT2D eigenvalue weighted by atomic mass is 32.1. The predicted molar refractivity (Wildman–Crippen MR) is 134 cm³/mol. The van der Waals surface area contributed by atoms with Gasteiger partial charge in [0.25, 0.3) is 0 Å². The molecule has 0 unspecified atom stereocenters. The smallest absolute Gasteiger partial charge is 0.307 e. The molecule has 2 atom stereocenters. The Kier molecular flexibility index (Phi) is 6.25. The number of thiazole rings is 1. The standard InChI is InChI=1S/C26H32N4O3S/c1-24(2,3)16-10-12-27-21(13-16)30-20-8-6-7-18(29-20)19-14-28-23(34-19)26(33)11-9-17(22(31)32)25(4,5)15-26/h6-8,10,12-14,17,33H,9,11,15H2,1-5H3,(H,31,32)(H,27,29,30)/t17-,26+/m0/s1. The number of aromatic nitrogens is 3. The zero-order valence-electron chi connectivity index (χ0n) is 20.3. The van der Waals surface area contributed by atoms with E-state index >= 15 is 0 Å². The molecule has 0 amide bonds. The molecule has 0 radical (unpaired) electrons. The fourth-order valence-corrected chi connectivity index (χ4v) is 5.73. The number of nitrogens with one attached hydrogen (secondary N) is 1. The zero-order valence-corrected chi connectivity index (χ0v) is 21.1. The van der Waals surface area contributed by atoms with Crippen molar-refractivity contribution in [3.63, 3.8) is 0 Å². The molecule has 3 aromatic heterocycles. The first-order valence-electron chi connectivity index (χ1n) is 11.5. The fourth-order valence-electron chi connectivity index (χ4n) is 4.73. The molecular weight excluding hydrogens is 448 g/mol. The summed E-state index contributed by atoms with van der Waals surface area (Å²) < 4.78 is 0. The minimum absolute atomic E-state index is 0.0199. The highest BCUT2D eigenvalue weighted by Gasteiger charge is 2.49. The molecule has 3 aromatic rings. The molecule has 1 aliphatic carbocycles. The Hall–Kier alpha value is -2.84. The summed E-state index contributed by atoms with van der Waals surface area (Å²) >= 11 is 1.41. The minimum atomic E-state index is -1.13. The van der Waals surface area contributed by atoms with Crippen molar-refractivity contribution in [3.8, 4) is 10.6 Å². The van der Waals surface area contributed by atoms with Crippen LogP contribution in [0.1, 0.15) is 64.5 Å². The van der Waals surface area contributed by atoms with Crippen LogP contribution in [0.5, 0.6) is 0 Å². The van der Waals surface area contributed by atoms with Crippen molar-refractivity contribution in [2.24, 2.45) is 11.3 Å². The van der Waals surface area contributed by atoms with Gasteiger partial charge >= 0.3 is 5.97 Å². The number of hydrogen-bond acceptors (Lipinski definition) is 7. The lowest BCUT2D eigenvalue weighted by atomic mass is 9.63. The summed E-state index contributed by atoms with van der Waals surface area (Å²) in [6, 6.07) is 9.78. The van der Waals surface area contributed by atoms with Gasteiger partial charge in [0.05, 0.1) is 16.5 Å². The van der Waals surface area contributed by atoms with Crippen LogP contribution in [0.25, 0.3) is 10.6 Å². The normalized spacial score (nSPS) is 22.4. The molecule has 3 heterocycles. The molecular formula is C26H32N4O3S. The quantitative estimate of drug-likeness (QED) is 0.427. The molecule has 1 fully saturated rings. The first-order valence-corrected chi connectivity index (χ1v) is 12.3. The summed E-state index contributed by atoms with van der Waals surface area (Å²) in [7, 11) is 0. The van der Waals surface area contributed by atoms with E-state index in [1.807, 2.05) is 44.2 Å². The van der Waals surface area contributed by atoms with Crippen LogP contribution in [-0.2, 0) is 15.8 Å². The van der Waals surface area contributed by atoms with Crippen molar-refractivity contribution in [1.29, 1.82) is 0 Å². The van der Waals surface area contributed by atoms with E-state index in [9.17, 15) is 15.0 Å². The number of carboxylic acid groups (broad SMARTS) is 1. The first-order chi connectivity index (χ1) is 15.9. The lowest BCUT2D eigenvalue weighted by Crippen LogP contribution is -2.44. The Morgan fingerprint density at radius 1 is 1.18 bits per heavy atom. The number of carbonyl (C=O) groups is 1. The lowest BCUT2D eigenvalue weighted by Gasteiger charge is -2.44. The maximum Gasteiger partial charge on any atom is 0.307 e. The van der Waals surface area contributed by atoms with Crippen molar-refractivity contribution < 1.29 is 15.0 Å². The van der Waals surface area contributed by atoms with Crippen LogP contribution in [0.3, 0.4) is 0 Å². The number of rotatable bonds is 5. The van der Waals surface area contributed by atoms with Crippen molar-refractivity contribution in [2.45, 2.75) is 64.9 Å². The Balaban J connectivity index is 1.55. The monoisotopic (exact) mass is 480 g/mol. The van der Waals surface area contributed by atoms with Crippen molar-refractivity contribution >= 4 is 28.9 Å². The van der Waals surface area contributed by atoms with Gasteiger partial charge in [0.15, 0.2) is 0 Å². The molecule has 0 aliphatic heterocycles. The van der Waals surface area contributed by atoms with E-state index in [0.29, 0.717) is 30.1 Å². The molecule has 0 saturated heterocycles. The predicted octanol–water partition coefficient (Wildman–Crippen LogP) is 5.74. The van der Waals surface area contributed by atoms with Gasteiger partial charge in [0, 0.05) is 12.4 Å². The van der Waals surface area contributed by atoms with Gasteiger partial charge in [-0.1, -0.05) is 40.7 Å². The Bertz CT molecular complexity index is 1200. The number of anilines is 2. The molecule has 7 nitrogen and oxygen atoms in total. The highest BCUT2D eigenvalue weighted by molar-refractivity contribution is 7.15. The SMILES string of the molecule is CC(C)(C)c1ccnc(Nc2cccc(-c3cnc([C@@]4(O)CC[C@@H](C(=O)O)C(C)(C)C4)s3)n2)c1. The van der Waals surface area contributed by atoms with E-state index in [1.165, 1.54) is 16.9 Å². The third kappa shape index (κ3) is 4.98. The molecule has 0 bridgehead atoms. The minimum Gasteiger partial charge on any atom is -0.481 e. The van der Waals surface area contributed by atoms with Gasteiger partial charge < -0.3 is 15.5 Å². The molecule has 3 N–H and O–H groups in total. The maximum atomic E-state index is 11.6. The van der Waals surface area contributed by atoms with Gasteiger partial charge in [-0.3, -0.25) is 4.79 Å². The van der Waals surface area contributed by atoms with Crippen molar-refractivity contribution in [3.05, 3.63) is 53.3 Å². The second-order valence-corrected chi connectivity index (χ2v) is 11.9. The molecule has 1 saturated carbocycles. The summed E-state index contributed by atoms with van der Waals surface area (Å²) in [6.45, 7) is 10.3. The van der Waals surface area contributed by atoms with E-state index in [1.54, 1.807) is 12.4 Å². The molecule has 4 rings (SSSR count). The van der Waals surface area contributed by atoms with E-state index < -0.39 is 22.9 Å². The number of nitrogens with zero attached hydrogens (tertiary/aromatic N) is 3. The Morgan fingerprint density at radius 2 is 1.94 bits per heavy atom. The van der Waals surface area contributed by atoms with Gasteiger partial charge in [-0.2, -0.15) is 0 Å². The van der Waals surface area contributed by atoms with Crippen LogP contribution in [0.2, 0.25) is 0 Å². The number of aliphatic carboxylic acids is 1. The van der Waals surface area contributed by atoms with Gasteiger partial charge in [-0.15, -0.1) is 11.3 Å². The Labute approximate surface area is 204 Å². The lowest BCUT2D eigenvalue weighted by molar-refractivity contribution is -0.154. The van der Waals surface area contributed by atoms with E-state index in [2.05, 4.69) is 36.1 Å². The largest absolute Gasteiger partial charge is 0.481 e. The summed E-state index contributed by atoms with van der Waals surface area (Å²) in [5.74, 6) is 0.131. The Morgan fingerprint density at radius 3 is 2.62 bits per heavy atom. The average Bonchev–Trinajstić information content (AvgIpc) is 3.24. The zero-order chi connectivity index (χ0) is 24.7. The summed E-state index contributed by atoms with van der Waals surface area (Å²) in [4.78, 5) is 26.2. The van der Waals surface area contributed by atoms with Crippen LogP contribution < -0.4 is 5.32 Å². The van der Waals surface area contributed by atoms with Crippen LogP contribution >= 0.6 is 11.3 Å². The third-order valence-corrected chi connectivity index (χ3v) is 7.84. The van der Waals surface area contributed by atoms with Gasteiger partial charge in [0.1, 0.15) is 22.2 Å². The van der Waals surface area contributed by atoms with Gasteiger partial charge in [-0.05, 0) is 59.9 Å². The molecule has 180 valence electrons. The maximum absolute atomic E-state index is 11.6. The molecule has 8 heteroatoms. The van der Waals surface area contributed by atoms with Gasteiger partial charge in [-0.25, -0.2) is 15.0 Å². The summed E-state index contributed by atoms with van der Waals surface area (Å²) in [5.41, 5.74) is 0.295. The number of hydrogen-bond donors (Lipinski definition) is 3. The first kappa shape index (κ1) is 24.3. The second kappa shape index (κ2) is 8.74. The van der Waals surface area contributed by atoms with Crippen LogP contribution in [-0.4, -0.2) is 31.1 Å². The molecule has 34 heavy (non-hydrogen) atoms. The molecule has 0 aromatic carbocycles. The van der Waals surface area contributed by atoms with E-state index in [4.69, 9.17) is 4.98 Å². The van der Waals surface area contributed by atoms with Crippen molar-refractivity contribution in [1.82, 2.24) is 15.0 Å². The van der Waals surface area contributed by atoms with Crippen LogP contribution in [0.15, 0.2) is 42.7 Å². The third-order valence-electron chi connectivity index (χ3n) is 6.62. The van der Waals surface area contributed by atoms with E-state index in [0.717, 1.165) is 16.4 Å². The summed E-state index contributed by atoms with van der Waals surface area (Å²) in [6.07, 6.45) is 4.69. The molecule has 1 aliphatic rings.